The molecule has 7 nitrogen and oxygen atoms in total. The molecular weight excluding hydrogens is 404 g/mol. The highest BCUT2D eigenvalue weighted by Crippen LogP contribution is 2.26. The van der Waals surface area contributed by atoms with E-state index in [4.69, 9.17) is 4.84 Å². The van der Waals surface area contributed by atoms with Gasteiger partial charge in [0.2, 0.25) is 5.91 Å². The van der Waals surface area contributed by atoms with E-state index >= 15 is 0 Å². The van der Waals surface area contributed by atoms with Crippen LogP contribution in [0.1, 0.15) is 43.1 Å². The molecule has 8 heteroatoms. The highest BCUT2D eigenvalue weighted by molar-refractivity contribution is 7.99. The van der Waals surface area contributed by atoms with Gasteiger partial charge in [-0.25, -0.2) is 4.79 Å². The molecule has 154 valence electrons. The Labute approximate surface area is 177 Å². The normalized spacial score (nSPS) is 17.8. The molecule has 4 rings (SSSR count). The average Bonchev–Trinajstić information content (AvgIpc) is 3.38. The predicted octanol–water partition coefficient (Wildman–Crippen LogP) is 2.77. The van der Waals surface area contributed by atoms with Crippen molar-refractivity contribution in [1.82, 2.24) is 9.96 Å². The van der Waals surface area contributed by atoms with E-state index in [1.807, 2.05) is 0 Å². The van der Waals surface area contributed by atoms with Crippen LogP contribution in [0.15, 0.2) is 48.5 Å². The van der Waals surface area contributed by atoms with Crippen molar-refractivity contribution in [2.75, 3.05) is 18.6 Å². The largest absolute Gasteiger partial charge is 0.363 e. The molecule has 2 heterocycles. The number of fused-ring (bicyclic) bond motifs is 1. The maximum atomic E-state index is 12.4. The second-order valence-electron chi connectivity index (χ2n) is 7.28. The van der Waals surface area contributed by atoms with Crippen molar-refractivity contribution in [2.45, 2.75) is 13.0 Å². The van der Waals surface area contributed by atoms with Crippen LogP contribution >= 0.6 is 11.8 Å². The van der Waals surface area contributed by atoms with Gasteiger partial charge in [-0.05, 0) is 42.0 Å². The van der Waals surface area contributed by atoms with Gasteiger partial charge in [0.1, 0.15) is 0 Å². The summed E-state index contributed by atoms with van der Waals surface area (Å²) in [7, 11) is 1.77. The third-order valence-electron chi connectivity index (χ3n) is 5.20. The van der Waals surface area contributed by atoms with Crippen LogP contribution in [0.3, 0.4) is 0 Å². The van der Waals surface area contributed by atoms with E-state index in [0.29, 0.717) is 11.6 Å². The molecule has 0 aliphatic carbocycles. The molecule has 0 saturated carbocycles. The maximum Gasteiger partial charge on any atom is 0.363 e. The smallest absolute Gasteiger partial charge is 0.341 e. The standard InChI is InChI=1S/C22H20N2O5S/c1-23(19(25)16-10-11-30-13-16)12-14-6-8-15(9-7-14)22(28)29-24-20(26)17-4-2-3-5-18(17)21(24)27/h2-9,16H,10-13H2,1H3. The molecule has 2 aliphatic heterocycles. The summed E-state index contributed by atoms with van der Waals surface area (Å²) < 4.78 is 0. The van der Waals surface area contributed by atoms with E-state index < -0.39 is 17.8 Å². The summed E-state index contributed by atoms with van der Waals surface area (Å²) in [4.78, 5) is 56.2. The minimum Gasteiger partial charge on any atom is -0.341 e. The number of benzene rings is 2. The molecule has 0 N–H and O–H groups in total. The first-order valence-electron chi connectivity index (χ1n) is 9.57. The summed E-state index contributed by atoms with van der Waals surface area (Å²) in [5.41, 5.74) is 1.49. The predicted molar refractivity (Wildman–Crippen MR) is 111 cm³/mol. The van der Waals surface area contributed by atoms with Gasteiger partial charge in [0.15, 0.2) is 0 Å². The average molecular weight is 424 g/mol. The summed E-state index contributed by atoms with van der Waals surface area (Å²) in [6.07, 6.45) is 0.913. The Morgan fingerprint density at radius 1 is 1.07 bits per heavy atom. The zero-order chi connectivity index (χ0) is 21.3. The number of rotatable bonds is 5. The quantitative estimate of drug-likeness (QED) is 0.687. The van der Waals surface area contributed by atoms with Gasteiger partial charge in [0.05, 0.1) is 16.7 Å². The van der Waals surface area contributed by atoms with Gasteiger partial charge < -0.3 is 9.74 Å². The lowest BCUT2D eigenvalue weighted by molar-refractivity contribution is -0.133. The van der Waals surface area contributed by atoms with Gasteiger partial charge in [-0.2, -0.15) is 11.8 Å². The molecule has 2 aromatic rings. The summed E-state index contributed by atoms with van der Waals surface area (Å²) in [6, 6.07) is 12.9. The van der Waals surface area contributed by atoms with E-state index in [1.54, 1.807) is 60.1 Å². The molecule has 0 aromatic heterocycles. The zero-order valence-corrected chi connectivity index (χ0v) is 17.2. The molecule has 0 bridgehead atoms. The molecule has 3 amide bonds. The van der Waals surface area contributed by atoms with Crippen molar-refractivity contribution >= 4 is 35.5 Å². The molecule has 0 radical (unpaired) electrons. The number of imide groups is 1. The first-order chi connectivity index (χ1) is 14.5. The summed E-state index contributed by atoms with van der Waals surface area (Å²) in [6.45, 7) is 0.438. The monoisotopic (exact) mass is 424 g/mol. The third-order valence-corrected chi connectivity index (χ3v) is 6.36. The Bertz CT molecular complexity index is 979. The number of nitrogens with zero attached hydrogens (tertiary/aromatic N) is 2. The maximum absolute atomic E-state index is 12.4. The van der Waals surface area contributed by atoms with Crippen molar-refractivity contribution in [1.29, 1.82) is 0 Å². The number of hydrogen-bond donors (Lipinski definition) is 0. The highest BCUT2D eigenvalue weighted by atomic mass is 32.2. The molecule has 30 heavy (non-hydrogen) atoms. The molecule has 1 fully saturated rings. The van der Waals surface area contributed by atoms with Gasteiger partial charge in [-0.15, -0.1) is 0 Å². The summed E-state index contributed by atoms with van der Waals surface area (Å²) in [5.74, 6) is -0.0250. The highest BCUT2D eigenvalue weighted by Gasteiger charge is 2.38. The third kappa shape index (κ3) is 3.82. The van der Waals surface area contributed by atoms with Crippen LogP contribution < -0.4 is 0 Å². The van der Waals surface area contributed by atoms with Crippen molar-refractivity contribution in [3.05, 3.63) is 70.8 Å². The van der Waals surface area contributed by atoms with E-state index in [-0.39, 0.29) is 28.5 Å². The first kappa shape index (κ1) is 20.2. The van der Waals surface area contributed by atoms with Gasteiger partial charge in [0, 0.05) is 25.3 Å². The zero-order valence-electron chi connectivity index (χ0n) is 16.4. The van der Waals surface area contributed by atoms with Crippen molar-refractivity contribution in [3.63, 3.8) is 0 Å². The molecular formula is C22H20N2O5S. The van der Waals surface area contributed by atoms with Gasteiger partial charge in [-0.1, -0.05) is 29.3 Å². The fourth-order valence-corrected chi connectivity index (χ4v) is 4.74. The Balaban J connectivity index is 1.38. The van der Waals surface area contributed by atoms with Crippen LogP contribution in [0.2, 0.25) is 0 Å². The lowest BCUT2D eigenvalue weighted by Crippen LogP contribution is -2.33. The van der Waals surface area contributed by atoms with Crippen LogP contribution in [0.5, 0.6) is 0 Å². The SMILES string of the molecule is CN(Cc1ccc(C(=O)ON2C(=O)c3ccccc3C2=O)cc1)C(=O)C1CCSC1. The number of carbonyl (C=O) groups is 4. The number of hydrogen-bond acceptors (Lipinski definition) is 6. The lowest BCUT2D eigenvalue weighted by atomic mass is 10.1. The van der Waals surface area contributed by atoms with Gasteiger partial charge >= 0.3 is 5.97 Å². The fourth-order valence-electron chi connectivity index (χ4n) is 3.52. The molecule has 1 saturated heterocycles. The number of hydroxylamine groups is 2. The van der Waals surface area contributed by atoms with Crippen molar-refractivity contribution in [3.8, 4) is 0 Å². The second-order valence-corrected chi connectivity index (χ2v) is 8.43. The Morgan fingerprint density at radius 2 is 1.70 bits per heavy atom. The fraction of sp³-hybridized carbons (Fsp3) is 0.273. The van der Waals surface area contributed by atoms with Crippen molar-refractivity contribution < 1.29 is 24.0 Å². The van der Waals surface area contributed by atoms with Crippen LogP contribution in [0.25, 0.3) is 0 Å². The summed E-state index contributed by atoms with van der Waals surface area (Å²) >= 11 is 1.80. The van der Waals surface area contributed by atoms with Crippen LogP contribution in [-0.2, 0) is 16.2 Å². The van der Waals surface area contributed by atoms with Crippen LogP contribution in [-0.4, -0.2) is 52.2 Å². The number of carbonyl (C=O) groups excluding carboxylic acids is 4. The summed E-state index contributed by atoms with van der Waals surface area (Å²) in [5, 5.41) is 0.493. The first-order valence-corrected chi connectivity index (χ1v) is 10.7. The Kier molecular flexibility index (Phi) is 5.59. The van der Waals surface area contributed by atoms with Crippen molar-refractivity contribution in [2.24, 2.45) is 5.92 Å². The lowest BCUT2D eigenvalue weighted by Gasteiger charge is -2.20. The Morgan fingerprint density at radius 3 is 2.27 bits per heavy atom. The number of amides is 3. The second kappa shape index (κ2) is 8.31. The van der Waals surface area contributed by atoms with E-state index in [2.05, 4.69) is 0 Å². The Hall–Kier alpha value is -3.13. The molecule has 2 aromatic carbocycles. The molecule has 0 spiro atoms. The van der Waals surface area contributed by atoms with Crippen LogP contribution in [0.4, 0.5) is 0 Å². The minimum atomic E-state index is -0.802. The van der Waals surface area contributed by atoms with Gasteiger partial charge in [0.25, 0.3) is 11.8 Å². The minimum absolute atomic E-state index is 0.0777. The van der Waals surface area contributed by atoms with E-state index in [0.717, 1.165) is 23.5 Å². The molecule has 1 unspecified atom stereocenters. The van der Waals surface area contributed by atoms with Crippen LogP contribution in [0, 0.1) is 5.92 Å². The van der Waals surface area contributed by atoms with E-state index in [9.17, 15) is 19.2 Å². The molecule has 2 aliphatic rings. The van der Waals surface area contributed by atoms with Gasteiger partial charge in [-0.3, -0.25) is 14.4 Å². The molecule has 1 atom stereocenters. The van der Waals surface area contributed by atoms with E-state index in [1.165, 1.54) is 12.1 Å². The topological polar surface area (TPSA) is 84.0 Å². The number of thioether (sulfide) groups is 1.